The summed E-state index contributed by atoms with van der Waals surface area (Å²) in [4.78, 5) is 23.0. The highest BCUT2D eigenvalue weighted by molar-refractivity contribution is 5.87. The van der Waals surface area contributed by atoms with Crippen molar-refractivity contribution in [2.75, 3.05) is 6.61 Å². The third-order valence-corrected chi connectivity index (χ3v) is 4.43. The van der Waals surface area contributed by atoms with Gasteiger partial charge in [0.15, 0.2) is 0 Å². The Morgan fingerprint density at radius 3 is 2.92 bits per heavy atom. The molecule has 6 heteroatoms. The number of para-hydroxylation sites is 1. The number of fused-ring (bicyclic) bond motifs is 3. The average Bonchev–Trinajstić information content (AvgIpc) is 2.86. The second-order valence-corrected chi connectivity index (χ2v) is 6.14. The Morgan fingerprint density at radius 1 is 1.38 bits per heavy atom. The molecule has 0 saturated carbocycles. The van der Waals surface area contributed by atoms with Crippen LogP contribution in [0.3, 0.4) is 0 Å². The van der Waals surface area contributed by atoms with E-state index in [0.717, 1.165) is 41.4 Å². The summed E-state index contributed by atoms with van der Waals surface area (Å²) < 4.78 is 6.98. The Hall–Kier alpha value is -2.50. The van der Waals surface area contributed by atoms with Gasteiger partial charge in [0, 0.05) is 22.6 Å². The van der Waals surface area contributed by atoms with Crippen molar-refractivity contribution in [3.8, 4) is 0 Å². The van der Waals surface area contributed by atoms with E-state index < -0.39 is 5.97 Å². The van der Waals surface area contributed by atoms with Gasteiger partial charge >= 0.3 is 12.1 Å². The maximum atomic E-state index is 11.8. The molecule has 0 bridgehead atoms. The number of alkyl carbamates (subject to hydrolysis) is 1. The number of hydrogen-bond acceptors (Lipinski definition) is 3. The summed E-state index contributed by atoms with van der Waals surface area (Å²) in [5.74, 6) is -0.845. The third kappa shape index (κ3) is 3.22. The molecule has 0 spiro atoms. The lowest BCUT2D eigenvalue weighted by Crippen LogP contribution is -2.39. The lowest BCUT2D eigenvalue weighted by Gasteiger charge is -2.24. The number of nitrogens with one attached hydrogen (secondary N) is 1. The van der Waals surface area contributed by atoms with Crippen LogP contribution in [0.2, 0.25) is 0 Å². The minimum absolute atomic E-state index is 0.0194. The molecule has 1 heterocycles. The summed E-state index contributed by atoms with van der Waals surface area (Å²) in [6.45, 7) is 2.34. The highest BCUT2D eigenvalue weighted by Crippen LogP contribution is 2.32. The molecule has 1 aromatic heterocycles. The van der Waals surface area contributed by atoms with Crippen molar-refractivity contribution in [2.24, 2.45) is 0 Å². The third-order valence-electron chi connectivity index (χ3n) is 4.43. The predicted molar refractivity (Wildman–Crippen MR) is 90.2 cm³/mol. The summed E-state index contributed by atoms with van der Waals surface area (Å²) in [7, 11) is 0. The zero-order chi connectivity index (χ0) is 17.1. The van der Waals surface area contributed by atoms with Crippen LogP contribution in [0, 0.1) is 0 Å². The van der Waals surface area contributed by atoms with Crippen LogP contribution in [0.5, 0.6) is 0 Å². The molecule has 0 radical (unpaired) electrons. The smallest absolute Gasteiger partial charge is 0.407 e. The van der Waals surface area contributed by atoms with Crippen LogP contribution in [-0.2, 0) is 28.9 Å². The number of nitrogens with zero attached hydrogens (tertiary/aromatic N) is 1. The lowest BCUT2D eigenvalue weighted by molar-refractivity contribution is -0.137. The van der Waals surface area contributed by atoms with Crippen molar-refractivity contribution in [3.63, 3.8) is 0 Å². The van der Waals surface area contributed by atoms with Crippen LogP contribution in [0.15, 0.2) is 24.3 Å². The molecule has 0 unspecified atom stereocenters. The van der Waals surface area contributed by atoms with Gasteiger partial charge in [-0.15, -0.1) is 0 Å². The van der Waals surface area contributed by atoms with E-state index in [1.807, 2.05) is 35.8 Å². The molecular formula is C18H22N2O4. The number of rotatable bonds is 5. The second kappa shape index (κ2) is 6.95. The van der Waals surface area contributed by atoms with E-state index in [9.17, 15) is 14.7 Å². The Bertz CT molecular complexity index is 766. The molecule has 128 valence electrons. The van der Waals surface area contributed by atoms with Crippen LogP contribution < -0.4 is 5.32 Å². The Kier molecular flexibility index (Phi) is 4.74. The van der Waals surface area contributed by atoms with Crippen molar-refractivity contribution in [1.29, 1.82) is 0 Å². The average molecular weight is 330 g/mol. The van der Waals surface area contributed by atoms with E-state index in [1.165, 1.54) is 0 Å². The lowest BCUT2D eigenvalue weighted by atomic mass is 9.91. The van der Waals surface area contributed by atoms with E-state index in [1.54, 1.807) is 0 Å². The van der Waals surface area contributed by atoms with Gasteiger partial charge in [0.1, 0.15) is 6.54 Å². The predicted octanol–water partition coefficient (Wildman–Crippen LogP) is 2.72. The van der Waals surface area contributed by atoms with E-state index in [4.69, 9.17) is 4.74 Å². The van der Waals surface area contributed by atoms with Gasteiger partial charge in [-0.25, -0.2) is 4.79 Å². The molecular weight excluding hydrogens is 308 g/mol. The van der Waals surface area contributed by atoms with Crippen LogP contribution in [0.1, 0.15) is 31.0 Å². The number of amides is 1. The fourth-order valence-electron chi connectivity index (χ4n) is 3.44. The molecule has 1 amide bonds. The van der Waals surface area contributed by atoms with Gasteiger partial charge in [0.05, 0.1) is 6.61 Å². The summed E-state index contributed by atoms with van der Waals surface area (Å²) in [5.41, 5.74) is 3.15. The van der Waals surface area contributed by atoms with Gasteiger partial charge in [-0.3, -0.25) is 4.79 Å². The number of ether oxygens (including phenoxy) is 1. The largest absolute Gasteiger partial charge is 0.480 e. The van der Waals surface area contributed by atoms with Gasteiger partial charge in [0.25, 0.3) is 0 Å². The molecule has 0 saturated heterocycles. The minimum atomic E-state index is -0.845. The SMILES string of the molecule is CCCOC(=O)N[C@H]1CCc2c(c3ccccc3n2CC(=O)O)C1. The van der Waals surface area contributed by atoms with Crippen LogP contribution in [-0.4, -0.2) is 34.4 Å². The van der Waals surface area contributed by atoms with Crippen LogP contribution in [0.25, 0.3) is 10.9 Å². The van der Waals surface area contributed by atoms with Gasteiger partial charge in [0.2, 0.25) is 0 Å². The fraction of sp³-hybridized carbons (Fsp3) is 0.444. The zero-order valence-electron chi connectivity index (χ0n) is 13.7. The van der Waals surface area contributed by atoms with E-state index in [0.29, 0.717) is 13.0 Å². The Morgan fingerprint density at radius 2 is 2.17 bits per heavy atom. The highest BCUT2D eigenvalue weighted by atomic mass is 16.5. The van der Waals surface area contributed by atoms with E-state index in [2.05, 4.69) is 5.32 Å². The summed E-state index contributed by atoms with van der Waals surface area (Å²) in [6.07, 6.45) is 2.65. The first-order valence-electron chi connectivity index (χ1n) is 8.34. The van der Waals surface area contributed by atoms with Gasteiger partial charge in [-0.2, -0.15) is 0 Å². The fourth-order valence-corrected chi connectivity index (χ4v) is 3.44. The maximum absolute atomic E-state index is 11.8. The zero-order valence-corrected chi connectivity index (χ0v) is 13.7. The van der Waals surface area contributed by atoms with Crippen molar-refractivity contribution in [3.05, 3.63) is 35.5 Å². The van der Waals surface area contributed by atoms with Crippen LogP contribution in [0.4, 0.5) is 4.79 Å². The maximum Gasteiger partial charge on any atom is 0.407 e. The van der Waals surface area contributed by atoms with Crippen molar-refractivity contribution < 1.29 is 19.4 Å². The second-order valence-electron chi connectivity index (χ2n) is 6.14. The number of aliphatic carboxylic acids is 1. The molecule has 1 atom stereocenters. The summed E-state index contributed by atoms with van der Waals surface area (Å²) in [5, 5.41) is 13.2. The number of carboxylic acid groups (broad SMARTS) is 1. The molecule has 6 nitrogen and oxygen atoms in total. The molecule has 1 aromatic carbocycles. The van der Waals surface area contributed by atoms with E-state index >= 15 is 0 Å². The molecule has 2 N–H and O–H groups in total. The first-order valence-corrected chi connectivity index (χ1v) is 8.34. The van der Waals surface area contributed by atoms with Crippen LogP contribution >= 0.6 is 0 Å². The molecule has 0 fully saturated rings. The van der Waals surface area contributed by atoms with Gasteiger partial charge < -0.3 is 19.7 Å². The molecule has 3 rings (SSSR count). The van der Waals surface area contributed by atoms with Crippen molar-refractivity contribution in [1.82, 2.24) is 9.88 Å². The minimum Gasteiger partial charge on any atom is -0.480 e. The summed E-state index contributed by atoms with van der Waals surface area (Å²) >= 11 is 0. The van der Waals surface area contributed by atoms with E-state index in [-0.39, 0.29) is 18.7 Å². The standard InChI is InChI=1S/C18H22N2O4/c1-2-9-24-18(23)19-12-7-8-16-14(10-12)13-5-3-4-6-15(13)20(16)11-17(21)22/h3-6,12H,2,7-11H2,1H3,(H,19,23)(H,21,22)/t12-/m0/s1. The topological polar surface area (TPSA) is 80.6 Å². The number of aromatic nitrogens is 1. The number of benzene rings is 1. The van der Waals surface area contributed by atoms with Crippen molar-refractivity contribution >= 4 is 23.0 Å². The number of carbonyl (C=O) groups excluding carboxylic acids is 1. The number of hydrogen-bond donors (Lipinski definition) is 2. The van der Waals surface area contributed by atoms with Gasteiger partial charge in [-0.1, -0.05) is 25.1 Å². The molecule has 1 aliphatic carbocycles. The molecule has 24 heavy (non-hydrogen) atoms. The molecule has 1 aliphatic rings. The number of carbonyl (C=O) groups is 2. The Balaban J connectivity index is 1.86. The quantitative estimate of drug-likeness (QED) is 0.883. The first kappa shape index (κ1) is 16.4. The normalized spacial score (nSPS) is 16.6. The molecule has 2 aromatic rings. The monoisotopic (exact) mass is 330 g/mol. The van der Waals surface area contributed by atoms with Crippen molar-refractivity contribution in [2.45, 2.75) is 45.2 Å². The Labute approximate surface area is 140 Å². The molecule has 0 aliphatic heterocycles. The number of carboxylic acids is 1. The summed E-state index contributed by atoms with van der Waals surface area (Å²) in [6, 6.07) is 7.87. The highest BCUT2D eigenvalue weighted by Gasteiger charge is 2.27. The van der Waals surface area contributed by atoms with Gasteiger partial charge in [-0.05, 0) is 37.3 Å². The first-order chi connectivity index (χ1) is 11.6.